The number of aromatic nitrogens is 4. The Bertz CT molecular complexity index is 1020. The highest BCUT2D eigenvalue weighted by molar-refractivity contribution is 7.99. The van der Waals surface area contributed by atoms with Gasteiger partial charge in [0.05, 0.1) is 23.1 Å². The van der Waals surface area contributed by atoms with Crippen LogP contribution in [0.2, 0.25) is 5.02 Å². The van der Waals surface area contributed by atoms with Gasteiger partial charge in [-0.1, -0.05) is 41.6 Å². The van der Waals surface area contributed by atoms with E-state index in [4.69, 9.17) is 17.3 Å². The van der Waals surface area contributed by atoms with Crippen LogP contribution in [0.5, 0.6) is 0 Å². The molecule has 2 aromatic heterocycles. The third kappa shape index (κ3) is 4.37. The summed E-state index contributed by atoms with van der Waals surface area (Å²) in [5.41, 5.74) is 6.66. The van der Waals surface area contributed by atoms with Crippen molar-refractivity contribution in [2.75, 3.05) is 23.9 Å². The maximum Gasteiger partial charge on any atom is 0.316 e. The molecule has 3 aromatic rings. The van der Waals surface area contributed by atoms with Crippen molar-refractivity contribution in [2.45, 2.75) is 24.5 Å². The molecule has 1 atom stereocenters. The lowest BCUT2D eigenvalue weighted by Crippen LogP contribution is -2.27. The quantitative estimate of drug-likeness (QED) is 0.424. The molecule has 0 aliphatic rings. The van der Waals surface area contributed by atoms with Crippen LogP contribution in [-0.2, 0) is 14.3 Å². The number of thiazole rings is 1. The fourth-order valence-electron chi connectivity index (χ4n) is 2.49. The van der Waals surface area contributed by atoms with Crippen molar-refractivity contribution in [2.24, 2.45) is 0 Å². The molecule has 9 nitrogen and oxygen atoms in total. The Labute approximate surface area is 173 Å². The van der Waals surface area contributed by atoms with Crippen molar-refractivity contribution < 1.29 is 14.3 Å². The molecular weight excluding hydrogens is 424 g/mol. The first-order chi connectivity index (χ1) is 13.4. The van der Waals surface area contributed by atoms with Gasteiger partial charge < -0.3 is 15.8 Å². The lowest BCUT2D eigenvalue weighted by Gasteiger charge is -2.18. The Kier molecular flexibility index (Phi) is 6.37. The number of esters is 1. The highest BCUT2D eigenvalue weighted by Crippen LogP contribution is 2.30. The Morgan fingerprint density at radius 2 is 2.21 bits per heavy atom. The number of nitrogens with two attached hydrogens (primary N) is 1. The summed E-state index contributed by atoms with van der Waals surface area (Å²) in [6.07, 6.45) is 0.441. The minimum absolute atomic E-state index is 0.0331. The predicted octanol–water partition coefficient (Wildman–Crippen LogP) is 2.98. The van der Waals surface area contributed by atoms with Crippen LogP contribution in [0, 0.1) is 0 Å². The van der Waals surface area contributed by atoms with E-state index < -0.39 is 12.0 Å². The second-order valence-electron chi connectivity index (χ2n) is 5.62. The molecule has 1 aromatic carbocycles. The second kappa shape index (κ2) is 8.76. The van der Waals surface area contributed by atoms with Crippen LogP contribution in [-0.4, -0.2) is 44.5 Å². The summed E-state index contributed by atoms with van der Waals surface area (Å²) in [5.74, 6) is -0.598. The van der Waals surface area contributed by atoms with Crippen molar-refractivity contribution >= 4 is 67.9 Å². The van der Waals surface area contributed by atoms with Gasteiger partial charge in [0, 0.05) is 5.02 Å². The number of carbonyl (C=O) groups excluding carboxylic acids is 2. The highest BCUT2D eigenvalue weighted by Gasteiger charge is 2.26. The van der Waals surface area contributed by atoms with Gasteiger partial charge in [-0.2, -0.15) is 0 Å². The zero-order valence-corrected chi connectivity index (χ0v) is 17.4. The number of ether oxygens (including phenoxy) is 1. The van der Waals surface area contributed by atoms with E-state index >= 15 is 0 Å². The molecule has 0 saturated carbocycles. The number of methoxy groups -OCH3 is 1. The average Bonchev–Trinajstić information content (AvgIpc) is 3.23. The molecule has 1 unspecified atom stereocenters. The first-order valence-corrected chi connectivity index (χ1v) is 10.4. The van der Waals surface area contributed by atoms with Gasteiger partial charge in [0.15, 0.2) is 10.3 Å². The van der Waals surface area contributed by atoms with Crippen LogP contribution >= 0.6 is 34.7 Å². The topological polar surface area (TPSA) is 125 Å². The molecule has 0 aliphatic carbocycles. The van der Waals surface area contributed by atoms with Gasteiger partial charge in [0.1, 0.15) is 6.04 Å². The summed E-state index contributed by atoms with van der Waals surface area (Å²) < 4.78 is 7.00. The van der Waals surface area contributed by atoms with Gasteiger partial charge in [-0.05, 0) is 24.6 Å². The summed E-state index contributed by atoms with van der Waals surface area (Å²) in [7, 11) is 1.30. The SMILES string of the molecule is CCC(C(=O)Nc1nc2ccc(Cl)cc2s1)n1c(N)nnc1SCC(=O)OC. The zero-order chi connectivity index (χ0) is 20.3. The van der Waals surface area contributed by atoms with E-state index in [1.54, 1.807) is 18.2 Å². The lowest BCUT2D eigenvalue weighted by molar-refractivity contribution is -0.137. The van der Waals surface area contributed by atoms with Crippen molar-refractivity contribution in [1.82, 2.24) is 19.7 Å². The number of carbonyl (C=O) groups is 2. The van der Waals surface area contributed by atoms with Crippen LogP contribution in [0.15, 0.2) is 23.4 Å². The number of hydrogen-bond acceptors (Lipinski definition) is 9. The van der Waals surface area contributed by atoms with Gasteiger partial charge in [-0.15, -0.1) is 10.2 Å². The minimum atomic E-state index is -0.661. The van der Waals surface area contributed by atoms with Crippen molar-refractivity contribution in [3.05, 3.63) is 23.2 Å². The number of nitrogens with zero attached hydrogens (tertiary/aromatic N) is 4. The van der Waals surface area contributed by atoms with E-state index in [2.05, 4.69) is 25.2 Å². The summed E-state index contributed by atoms with van der Waals surface area (Å²) in [6, 6.07) is 4.67. The number of benzene rings is 1. The molecule has 0 spiro atoms. The number of halogens is 1. The monoisotopic (exact) mass is 440 g/mol. The molecule has 0 bridgehead atoms. The number of rotatable bonds is 7. The molecule has 12 heteroatoms. The van der Waals surface area contributed by atoms with E-state index in [1.807, 2.05) is 6.92 Å². The van der Waals surface area contributed by atoms with Gasteiger partial charge in [0.2, 0.25) is 11.9 Å². The van der Waals surface area contributed by atoms with E-state index in [9.17, 15) is 9.59 Å². The van der Waals surface area contributed by atoms with Gasteiger partial charge in [0.25, 0.3) is 0 Å². The fraction of sp³-hybridized carbons (Fsp3) is 0.312. The normalized spacial score (nSPS) is 12.1. The van der Waals surface area contributed by atoms with Crippen LogP contribution in [0.4, 0.5) is 11.1 Å². The number of fused-ring (bicyclic) bond motifs is 1. The predicted molar refractivity (Wildman–Crippen MR) is 110 cm³/mol. The Hall–Kier alpha value is -2.37. The number of hydrogen-bond donors (Lipinski definition) is 2. The van der Waals surface area contributed by atoms with Crippen molar-refractivity contribution in [1.29, 1.82) is 0 Å². The van der Waals surface area contributed by atoms with Crippen LogP contribution in [0.3, 0.4) is 0 Å². The van der Waals surface area contributed by atoms with E-state index in [0.717, 1.165) is 22.0 Å². The number of nitrogens with one attached hydrogen (secondary N) is 1. The van der Waals surface area contributed by atoms with Crippen molar-refractivity contribution in [3.63, 3.8) is 0 Å². The highest BCUT2D eigenvalue weighted by atomic mass is 35.5. The molecule has 3 N–H and O–H groups in total. The summed E-state index contributed by atoms with van der Waals surface area (Å²) >= 11 is 8.42. The molecular formula is C16H17ClN6O3S2. The number of amides is 1. The van der Waals surface area contributed by atoms with Gasteiger partial charge >= 0.3 is 5.97 Å². The number of thioether (sulfide) groups is 1. The number of nitrogen functional groups attached to an aromatic ring is 1. The smallest absolute Gasteiger partial charge is 0.316 e. The summed E-state index contributed by atoms with van der Waals surface area (Å²) in [5, 5.41) is 12.0. The molecule has 3 rings (SSSR count). The zero-order valence-electron chi connectivity index (χ0n) is 15.0. The van der Waals surface area contributed by atoms with Crippen molar-refractivity contribution in [3.8, 4) is 0 Å². The van der Waals surface area contributed by atoms with Crippen LogP contribution in [0.25, 0.3) is 10.2 Å². The maximum atomic E-state index is 12.9. The standard InChI is InChI=1S/C16H17ClN6O3S2/c1-3-10(23-14(18)21-22-16(23)27-7-12(24)26-2)13(25)20-15-19-9-5-4-8(17)6-11(9)28-15/h4-6,10H,3,7H2,1-2H3,(H2,18,21)(H,19,20,25). The molecule has 0 radical (unpaired) electrons. The third-order valence-electron chi connectivity index (χ3n) is 3.82. The largest absolute Gasteiger partial charge is 0.468 e. The fourth-order valence-corrected chi connectivity index (χ4v) is 4.46. The molecule has 0 saturated heterocycles. The summed E-state index contributed by atoms with van der Waals surface area (Å²) in [6.45, 7) is 1.84. The molecule has 2 heterocycles. The summed E-state index contributed by atoms with van der Waals surface area (Å²) in [4.78, 5) is 28.7. The second-order valence-corrected chi connectivity index (χ2v) is 8.03. The number of anilines is 2. The van der Waals surface area contributed by atoms with E-state index in [1.165, 1.54) is 23.0 Å². The van der Waals surface area contributed by atoms with Crippen LogP contribution < -0.4 is 11.1 Å². The lowest BCUT2D eigenvalue weighted by atomic mass is 10.2. The van der Waals surface area contributed by atoms with Gasteiger partial charge in [-0.3, -0.25) is 14.2 Å². The maximum absolute atomic E-state index is 12.9. The molecule has 28 heavy (non-hydrogen) atoms. The Morgan fingerprint density at radius 1 is 1.43 bits per heavy atom. The Morgan fingerprint density at radius 3 is 2.93 bits per heavy atom. The van der Waals surface area contributed by atoms with E-state index in [-0.39, 0.29) is 17.6 Å². The Balaban J connectivity index is 1.81. The first-order valence-electron chi connectivity index (χ1n) is 8.19. The average molecular weight is 441 g/mol. The van der Waals surface area contributed by atoms with Crippen LogP contribution in [0.1, 0.15) is 19.4 Å². The molecule has 0 fully saturated rings. The molecule has 0 aliphatic heterocycles. The third-order valence-corrected chi connectivity index (χ3v) is 5.90. The molecule has 1 amide bonds. The minimum Gasteiger partial charge on any atom is -0.468 e. The van der Waals surface area contributed by atoms with E-state index in [0.29, 0.717) is 21.7 Å². The molecule has 148 valence electrons. The first kappa shape index (κ1) is 20.4. The van der Waals surface area contributed by atoms with Gasteiger partial charge in [-0.25, -0.2) is 4.98 Å².